The van der Waals surface area contributed by atoms with E-state index in [1.165, 1.54) is 12.5 Å². The van der Waals surface area contributed by atoms with Crippen molar-refractivity contribution in [3.05, 3.63) is 17.5 Å². The number of aromatic nitrogens is 2. The lowest BCUT2D eigenvalue weighted by molar-refractivity contribution is -0.121. The Labute approximate surface area is 125 Å². The first-order chi connectivity index (χ1) is 9.70. The Morgan fingerprint density at radius 2 is 2.10 bits per heavy atom. The van der Waals surface area contributed by atoms with Crippen LogP contribution in [-0.2, 0) is 27.5 Å². The highest BCUT2D eigenvalue weighted by atomic mass is 32.2. The van der Waals surface area contributed by atoms with Crippen LogP contribution in [0.2, 0.25) is 0 Å². The molecular formula is C14H23N3O3S. The van der Waals surface area contributed by atoms with E-state index in [9.17, 15) is 13.2 Å². The Balaban J connectivity index is 2.08. The molecule has 1 aliphatic carbocycles. The van der Waals surface area contributed by atoms with Crippen molar-refractivity contribution in [2.75, 3.05) is 6.26 Å². The number of nitrogens with zero attached hydrogens (tertiary/aromatic N) is 2. The fourth-order valence-electron chi connectivity index (χ4n) is 2.60. The zero-order valence-electron chi connectivity index (χ0n) is 13.0. The highest BCUT2D eigenvalue weighted by Crippen LogP contribution is 2.23. The predicted molar refractivity (Wildman–Crippen MR) is 80.9 cm³/mol. The maximum absolute atomic E-state index is 12.0. The van der Waals surface area contributed by atoms with Gasteiger partial charge in [-0.3, -0.25) is 9.48 Å². The molecule has 1 aromatic rings. The second kappa shape index (κ2) is 5.79. The van der Waals surface area contributed by atoms with Crippen LogP contribution in [0.25, 0.3) is 0 Å². The molecule has 0 aliphatic heterocycles. The minimum absolute atomic E-state index is 0.0246. The van der Waals surface area contributed by atoms with Gasteiger partial charge in [-0.15, -0.1) is 0 Å². The first-order valence-electron chi connectivity index (χ1n) is 7.24. The third kappa shape index (κ3) is 3.45. The van der Waals surface area contributed by atoms with Gasteiger partial charge in [0.25, 0.3) is 0 Å². The zero-order valence-corrected chi connectivity index (χ0v) is 13.8. The number of rotatable bonds is 4. The quantitative estimate of drug-likeness (QED) is 0.894. The van der Waals surface area contributed by atoms with Gasteiger partial charge in [0.1, 0.15) is 5.25 Å². The Morgan fingerprint density at radius 3 is 2.67 bits per heavy atom. The smallest absolute Gasteiger partial charge is 0.238 e. The van der Waals surface area contributed by atoms with Crippen LogP contribution in [0.3, 0.4) is 0 Å². The number of sulfone groups is 1. The first kappa shape index (κ1) is 16.0. The van der Waals surface area contributed by atoms with Crippen molar-refractivity contribution in [2.45, 2.75) is 57.4 Å². The van der Waals surface area contributed by atoms with Gasteiger partial charge in [-0.2, -0.15) is 5.10 Å². The molecule has 2 atom stereocenters. The lowest BCUT2D eigenvalue weighted by Crippen LogP contribution is -2.45. The van der Waals surface area contributed by atoms with Crippen LogP contribution in [0.1, 0.15) is 44.5 Å². The number of carbonyl (C=O) groups excluding carboxylic acids is 1. The van der Waals surface area contributed by atoms with Gasteiger partial charge in [0.05, 0.1) is 6.20 Å². The van der Waals surface area contributed by atoms with Gasteiger partial charge >= 0.3 is 0 Å². The molecule has 1 amide bonds. The van der Waals surface area contributed by atoms with Gasteiger partial charge in [0.2, 0.25) is 5.91 Å². The molecule has 2 unspecified atom stereocenters. The van der Waals surface area contributed by atoms with Gasteiger partial charge < -0.3 is 5.32 Å². The predicted octanol–water partition coefficient (Wildman–Crippen LogP) is 0.871. The maximum Gasteiger partial charge on any atom is 0.238 e. The van der Waals surface area contributed by atoms with Crippen molar-refractivity contribution in [2.24, 2.45) is 0 Å². The molecule has 21 heavy (non-hydrogen) atoms. The molecule has 1 aromatic heterocycles. The van der Waals surface area contributed by atoms with E-state index in [4.69, 9.17) is 0 Å². The summed E-state index contributed by atoms with van der Waals surface area (Å²) in [6, 6.07) is 0.251. The highest BCUT2D eigenvalue weighted by molar-refractivity contribution is 7.92. The number of hydrogen-bond donors (Lipinski definition) is 1. The minimum atomic E-state index is -3.35. The van der Waals surface area contributed by atoms with Gasteiger partial charge in [-0.1, -0.05) is 0 Å². The second-order valence-corrected chi connectivity index (χ2v) is 8.44. The zero-order chi connectivity index (χ0) is 15.8. The molecule has 1 N–H and O–H groups in total. The first-order valence-corrected chi connectivity index (χ1v) is 9.20. The molecule has 118 valence electrons. The normalized spacial score (nSPS) is 20.1. The molecule has 0 radical (unpaired) electrons. The number of amides is 1. The summed E-state index contributed by atoms with van der Waals surface area (Å²) < 4.78 is 24.9. The number of aryl methyl sites for hydroxylation is 1. The maximum atomic E-state index is 12.0. The van der Waals surface area contributed by atoms with E-state index in [1.54, 1.807) is 0 Å². The standard InChI is InChI=1S/C14H23N3O3S/c1-9(2)17-13-7-12(6-5-11(13)8-15-17)16-14(18)10(3)21(4,19)20/h8-10,12H,5-7H2,1-4H3,(H,16,18). The lowest BCUT2D eigenvalue weighted by atomic mass is 9.93. The van der Waals surface area contributed by atoms with E-state index in [2.05, 4.69) is 24.3 Å². The fourth-order valence-corrected chi connectivity index (χ4v) is 3.06. The Kier molecular flexibility index (Phi) is 4.41. The molecule has 0 saturated heterocycles. The van der Waals surface area contributed by atoms with Crippen LogP contribution in [0.4, 0.5) is 0 Å². The molecule has 0 aromatic carbocycles. The summed E-state index contributed by atoms with van der Waals surface area (Å²) in [5, 5.41) is 6.25. The number of nitrogens with one attached hydrogen (secondary N) is 1. The lowest BCUT2D eigenvalue weighted by Gasteiger charge is -2.26. The largest absolute Gasteiger partial charge is 0.352 e. The molecule has 0 fully saturated rings. The van der Waals surface area contributed by atoms with E-state index in [-0.39, 0.29) is 12.1 Å². The van der Waals surface area contributed by atoms with Crippen LogP contribution < -0.4 is 5.32 Å². The van der Waals surface area contributed by atoms with E-state index in [0.717, 1.165) is 24.8 Å². The van der Waals surface area contributed by atoms with Crippen molar-refractivity contribution < 1.29 is 13.2 Å². The molecule has 2 rings (SSSR count). The van der Waals surface area contributed by atoms with Crippen molar-refractivity contribution in [3.8, 4) is 0 Å². The van der Waals surface area contributed by atoms with Crippen molar-refractivity contribution >= 4 is 15.7 Å². The summed E-state index contributed by atoms with van der Waals surface area (Å²) in [7, 11) is -3.35. The topological polar surface area (TPSA) is 81.1 Å². The van der Waals surface area contributed by atoms with Crippen molar-refractivity contribution in [1.29, 1.82) is 0 Å². The van der Waals surface area contributed by atoms with E-state index < -0.39 is 21.0 Å². The molecule has 0 saturated carbocycles. The summed E-state index contributed by atoms with van der Waals surface area (Å²) in [5.41, 5.74) is 2.37. The van der Waals surface area contributed by atoms with Gasteiger partial charge in [-0.25, -0.2) is 8.42 Å². The highest BCUT2D eigenvalue weighted by Gasteiger charge is 2.29. The number of hydrogen-bond acceptors (Lipinski definition) is 4. The third-order valence-electron chi connectivity index (χ3n) is 4.03. The molecule has 1 heterocycles. The summed E-state index contributed by atoms with van der Waals surface area (Å²) in [6.07, 6.45) is 5.37. The molecular weight excluding hydrogens is 290 g/mol. The number of fused-ring (bicyclic) bond motifs is 1. The van der Waals surface area contributed by atoms with Crippen LogP contribution in [0.15, 0.2) is 6.20 Å². The summed E-state index contributed by atoms with van der Waals surface area (Å²) in [6.45, 7) is 5.57. The SMILES string of the molecule is CC(C)n1ncc2c1CC(NC(=O)C(C)S(C)(=O)=O)CC2. The summed E-state index contributed by atoms with van der Waals surface area (Å²) >= 11 is 0. The van der Waals surface area contributed by atoms with Crippen LogP contribution >= 0.6 is 0 Å². The molecule has 6 nitrogen and oxygen atoms in total. The second-order valence-electron chi connectivity index (χ2n) is 6.07. The van der Waals surface area contributed by atoms with Crippen molar-refractivity contribution in [3.63, 3.8) is 0 Å². The average Bonchev–Trinajstić information content (AvgIpc) is 2.79. The third-order valence-corrected chi connectivity index (χ3v) is 5.53. The van der Waals surface area contributed by atoms with Gasteiger partial charge in [-0.05, 0) is 39.2 Å². The van der Waals surface area contributed by atoms with Crippen LogP contribution in [0, 0.1) is 0 Å². The monoisotopic (exact) mass is 313 g/mol. The molecule has 1 aliphatic rings. The summed E-state index contributed by atoms with van der Waals surface area (Å²) in [5.74, 6) is -0.415. The Morgan fingerprint density at radius 1 is 1.43 bits per heavy atom. The average molecular weight is 313 g/mol. The van der Waals surface area contributed by atoms with E-state index >= 15 is 0 Å². The molecule has 0 bridgehead atoms. The van der Waals surface area contributed by atoms with Crippen molar-refractivity contribution in [1.82, 2.24) is 15.1 Å². The van der Waals surface area contributed by atoms with Crippen LogP contribution in [-0.4, -0.2) is 41.7 Å². The minimum Gasteiger partial charge on any atom is -0.352 e. The van der Waals surface area contributed by atoms with Crippen LogP contribution in [0.5, 0.6) is 0 Å². The Bertz CT molecular complexity index is 634. The Hall–Kier alpha value is -1.37. The van der Waals surface area contributed by atoms with E-state index in [0.29, 0.717) is 6.42 Å². The van der Waals surface area contributed by atoms with E-state index in [1.807, 2.05) is 10.9 Å². The van der Waals surface area contributed by atoms with Gasteiger partial charge in [0, 0.05) is 30.5 Å². The number of carbonyl (C=O) groups is 1. The summed E-state index contributed by atoms with van der Waals surface area (Å²) in [4.78, 5) is 12.0. The molecule has 0 spiro atoms. The molecule has 7 heteroatoms. The van der Waals surface area contributed by atoms with Gasteiger partial charge in [0.15, 0.2) is 9.84 Å². The fraction of sp³-hybridized carbons (Fsp3) is 0.714.